The van der Waals surface area contributed by atoms with Gasteiger partial charge in [-0.15, -0.1) is 0 Å². The predicted molar refractivity (Wildman–Crippen MR) is 107 cm³/mol. The molecule has 0 saturated heterocycles. The van der Waals surface area contributed by atoms with Gasteiger partial charge in [0.2, 0.25) is 21.7 Å². The number of carbonyl (C=O) groups is 1. The van der Waals surface area contributed by atoms with Crippen LogP contribution in [0.1, 0.15) is 5.56 Å². The number of nitrogens with one attached hydrogen (secondary N) is 1. The summed E-state index contributed by atoms with van der Waals surface area (Å²) in [5.74, 6) is 0.101. The molecule has 8 nitrogen and oxygen atoms in total. The molecule has 2 aromatic rings. The van der Waals surface area contributed by atoms with Crippen LogP contribution in [0.4, 0.5) is 10.1 Å². The van der Waals surface area contributed by atoms with Crippen molar-refractivity contribution in [3.8, 4) is 17.2 Å². The highest BCUT2D eigenvalue weighted by molar-refractivity contribution is 7.92. The van der Waals surface area contributed by atoms with Gasteiger partial charge < -0.3 is 19.5 Å². The lowest BCUT2D eigenvalue weighted by Gasteiger charge is -2.22. The number of rotatable bonds is 9. The fraction of sp³-hybridized carbons (Fsp3) is 0.316. The van der Waals surface area contributed by atoms with Gasteiger partial charge in [0.1, 0.15) is 12.4 Å². The predicted octanol–water partition coefficient (Wildman–Crippen LogP) is 1.93. The van der Waals surface area contributed by atoms with Gasteiger partial charge in [-0.25, -0.2) is 12.8 Å². The number of benzene rings is 2. The Morgan fingerprint density at radius 1 is 1.07 bits per heavy atom. The summed E-state index contributed by atoms with van der Waals surface area (Å²) in [6, 6.07) is 8.36. The third kappa shape index (κ3) is 5.74. The normalized spacial score (nSPS) is 10.9. The zero-order valence-electron chi connectivity index (χ0n) is 16.6. The van der Waals surface area contributed by atoms with E-state index in [1.165, 1.54) is 39.5 Å². The fourth-order valence-electron chi connectivity index (χ4n) is 2.66. The van der Waals surface area contributed by atoms with Crippen LogP contribution in [0.25, 0.3) is 0 Å². The maximum Gasteiger partial charge on any atom is 0.241 e. The Labute approximate surface area is 169 Å². The van der Waals surface area contributed by atoms with E-state index >= 15 is 0 Å². The van der Waals surface area contributed by atoms with Crippen molar-refractivity contribution in [2.75, 3.05) is 38.4 Å². The van der Waals surface area contributed by atoms with Crippen LogP contribution < -0.4 is 23.8 Å². The fourth-order valence-corrected chi connectivity index (χ4v) is 3.50. The highest BCUT2D eigenvalue weighted by Gasteiger charge is 2.21. The Kier molecular flexibility index (Phi) is 7.27. The monoisotopic (exact) mass is 426 g/mol. The maximum absolute atomic E-state index is 13.5. The van der Waals surface area contributed by atoms with E-state index < -0.39 is 28.3 Å². The van der Waals surface area contributed by atoms with Crippen molar-refractivity contribution in [2.45, 2.75) is 6.54 Å². The second-order valence-electron chi connectivity index (χ2n) is 6.06. The van der Waals surface area contributed by atoms with Crippen LogP contribution in [-0.4, -0.2) is 48.5 Å². The smallest absolute Gasteiger partial charge is 0.241 e. The molecule has 0 spiro atoms. The minimum Gasteiger partial charge on any atom is -0.493 e. The summed E-state index contributed by atoms with van der Waals surface area (Å²) in [5.41, 5.74) is 0.722. The van der Waals surface area contributed by atoms with Crippen LogP contribution in [-0.2, 0) is 21.4 Å². The molecule has 0 heterocycles. The number of anilines is 1. The van der Waals surface area contributed by atoms with E-state index in [2.05, 4.69) is 5.32 Å². The first-order valence-corrected chi connectivity index (χ1v) is 10.3. The quantitative estimate of drug-likeness (QED) is 0.659. The molecular weight excluding hydrogens is 403 g/mol. The van der Waals surface area contributed by atoms with Gasteiger partial charge in [-0.3, -0.25) is 9.10 Å². The standard InChI is InChI=1S/C19H23FN2O6S/c1-26-16-8-13(9-17(27-2)19(16)28-3)11-21-18(23)12-22(29(4,24)25)15-7-5-6-14(20)10-15/h5-10H,11-12H2,1-4H3,(H,21,23). The molecule has 0 saturated carbocycles. The molecule has 0 atom stereocenters. The summed E-state index contributed by atoms with van der Waals surface area (Å²) in [7, 11) is 0.636. The number of hydrogen-bond donors (Lipinski definition) is 1. The molecule has 1 amide bonds. The summed E-state index contributed by atoms with van der Waals surface area (Å²) in [4.78, 5) is 12.4. The molecule has 2 aromatic carbocycles. The van der Waals surface area contributed by atoms with Gasteiger partial charge in [0.15, 0.2) is 11.5 Å². The molecular formula is C19H23FN2O6S. The molecule has 1 N–H and O–H groups in total. The lowest BCUT2D eigenvalue weighted by atomic mass is 10.1. The zero-order chi connectivity index (χ0) is 21.6. The van der Waals surface area contributed by atoms with E-state index in [-0.39, 0.29) is 12.2 Å². The van der Waals surface area contributed by atoms with Crippen LogP contribution in [0.5, 0.6) is 17.2 Å². The maximum atomic E-state index is 13.5. The van der Waals surface area contributed by atoms with Gasteiger partial charge in [-0.05, 0) is 35.9 Å². The van der Waals surface area contributed by atoms with Gasteiger partial charge in [0.25, 0.3) is 0 Å². The number of sulfonamides is 1. The summed E-state index contributed by atoms with van der Waals surface area (Å²) in [6.07, 6.45) is 0.949. The molecule has 2 rings (SSSR count). The number of amides is 1. The Balaban J connectivity index is 2.15. The first-order valence-electron chi connectivity index (χ1n) is 8.48. The molecule has 0 aliphatic rings. The van der Waals surface area contributed by atoms with E-state index in [0.717, 1.165) is 16.6 Å². The van der Waals surface area contributed by atoms with Gasteiger partial charge in [-0.1, -0.05) is 6.07 Å². The van der Waals surface area contributed by atoms with Crippen molar-refractivity contribution in [3.05, 3.63) is 47.8 Å². The lowest BCUT2D eigenvalue weighted by molar-refractivity contribution is -0.119. The molecule has 0 fully saturated rings. The molecule has 0 bridgehead atoms. The Bertz CT molecular complexity index is 955. The number of hydrogen-bond acceptors (Lipinski definition) is 6. The average molecular weight is 426 g/mol. The third-order valence-corrected chi connectivity index (χ3v) is 5.14. The Morgan fingerprint density at radius 2 is 1.69 bits per heavy atom. The highest BCUT2D eigenvalue weighted by atomic mass is 32.2. The van der Waals surface area contributed by atoms with Crippen LogP contribution in [0.15, 0.2) is 36.4 Å². The minimum atomic E-state index is -3.79. The molecule has 0 aliphatic heterocycles. The van der Waals surface area contributed by atoms with Crippen LogP contribution in [0.3, 0.4) is 0 Å². The minimum absolute atomic E-state index is 0.0652. The number of carbonyl (C=O) groups excluding carboxylic acids is 1. The average Bonchev–Trinajstić information content (AvgIpc) is 2.68. The van der Waals surface area contributed by atoms with Crippen molar-refractivity contribution in [3.63, 3.8) is 0 Å². The van der Waals surface area contributed by atoms with Gasteiger partial charge in [-0.2, -0.15) is 0 Å². The molecule has 0 aliphatic carbocycles. The van der Waals surface area contributed by atoms with E-state index in [4.69, 9.17) is 14.2 Å². The molecule has 0 unspecified atom stereocenters. The van der Waals surface area contributed by atoms with Crippen LogP contribution in [0, 0.1) is 5.82 Å². The lowest BCUT2D eigenvalue weighted by Crippen LogP contribution is -2.40. The van der Waals surface area contributed by atoms with Gasteiger partial charge in [0.05, 0.1) is 33.3 Å². The highest BCUT2D eigenvalue weighted by Crippen LogP contribution is 2.38. The first kappa shape index (κ1) is 22.3. The van der Waals surface area contributed by atoms with Gasteiger partial charge >= 0.3 is 0 Å². The summed E-state index contributed by atoms with van der Waals surface area (Å²) in [5, 5.41) is 2.64. The molecule has 0 aromatic heterocycles. The van der Waals surface area contributed by atoms with Crippen molar-refractivity contribution in [1.82, 2.24) is 5.32 Å². The van der Waals surface area contributed by atoms with E-state index in [1.807, 2.05) is 0 Å². The summed E-state index contributed by atoms with van der Waals surface area (Å²) in [6.45, 7) is -0.400. The van der Waals surface area contributed by atoms with E-state index in [1.54, 1.807) is 12.1 Å². The Hall–Kier alpha value is -3.01. The third-order valence-electron chi connectivity index (χ3n) is 4.00. The second kappa shape index (κ2) is 9.46. The largest absolute Gasteiger partial charge is 0.493 e. The number of ether oxygens (including phenoxy) is 3. The Morgan fingerprint density at radius 3 is 2.17 bits per heavy atom. The SMILES string of the molecule is COc1cc(CNC(=O)CN(c2cccc(F)c2)S(C)(=O)=O)cc(OC)c1OC. The van der Waals surface area contributed by atoms with Crippen molar-refractivity contribution in [1.29, 1.82) is 0 Å². The first-order chi connectivity index (χ1) is 13.7. The summed E-state index contributed by atoms with van der Waals surface area (Å²) >= 11 is 0. The molecule has 29 heavy (non-hydrogen) atoms. The van der Waals surface area contributed by atoms with E-state index in [9.17, 15) is 17.6 Å². The molecule has 158 valence electrons. The topological polar surface area (TPSA) is 94.2 Å². The second-order valence-corrected chi connectivity index (χ2v) is 7.97. The van der Waals surface area contributed by atoms with Crippen molar-refractivity contribution >= 4 is 21.6 Å². The molecule has 10 heteroatoms. The summed E-state index contributed by atoms with van der Waals surface area (Å²) < 4.78 is 54.2. The van der Waals surface area contributed by atoms with Crippen molar-refractivity contribution in [2.24, 2.45) is 0 Å². The van der Waals surface area contributed by atoms with Crippen molar-refractivity contribution < 1.29 is 31.8 Å². The van der Waals surface area contributed by atoms with E-state index in [0.29, 0.717) is 22.8 Å². The van der Waals surface area contributed by atoms with Crippen LogP contribution >= 0.6 is 0 Å². The number of methoxy groups -OCH3 is 3. The number of nitrogens with zero attached hydrogens (tertiary/aromatic N) is 1. The number of halogens is 1. The molecule has 0 radical (unpaired) electrons. The zero-order valence-corrected chi connectivity index (χ0v) is 17.4. The van der Waals surface area contributed by atoms with Gasteiger partial charge in [0, 0.05) is 6.54 Å². The van der Waals surface area contributed by atoms with Crippen LogP contribution in [0.2, 0.25) is 0 Å².